The SMILES string of the molecule is CCNCN(C)C(C)C. The van der Waals surface area contributed by atoms with Crippen LogP contribution >= 0.6 is 0 Å². The zero-order valence-corrected chi connectivity index (χ0v) is 6.94. The maximum absolute atomic E-state index is 3.26. The van der Waals surface area contributed by atoms with E-state index in [1.165, 1.54) is 0 Å². The van der Waals surface area contributed by atoms with Crippen molar-refractivity contribution in [3.8, 4) is 0 Å². The summed E-state index contributed by atoms with van der Waals surface area (Å²) in [5, 5.41) is 3.26. The topological polar surface area (TPSA) is 15.3 Å². The van der Waals surface area contributed by atoms with Gasteiger partial charge in [-0.25, -0.2) is 0 Å². The Labute approximate surface area is 58.2 Å². The van der Waals surface area contributed by atoms with Gasteiger partial charge in [0.05, 0.1) is 0 Å². The normalized spacial score (nSPS) is 11.3. The lowest BCUT2D eigenvalue weighted by atomic mass is 10.4. The monoisotopic (exact) mass is 130 g/mol. The van der Waals surface area contributed by atoms with Gasteiger partial charge in [-0.2, -0.15) is 0 Å². The van der Waals surface area contributed by atoms with E-state index in [2.05, 4.69) is 38.0 Å². The molecule has 0 aromatic carbocycles. The van der Waals surface area contributed by atoms with E-state index in [4.69, 9.17) is 0 Å². The van der Waals surface area contributed by atoms with Crippen molar-refractivity contribution < 1.29 is 0 Å². The number of hydrogen-bond acceptors (Lipinski definition) is 2. The molecular weight excluding hydrogens is 112 g/mol. The van der Waals surface area contributed by atoms with E-state index >= 15 is 0 Å². The van der Waals surface area contributed by atoms with Gasteiger partial charge in [-0.1, -0.05) is 6.92 Å². The summed E-state index contributed by atoms with van der Waals surface area (Å²) in [6.45, 7) is 8.55. The van der Waals surface area contributed by atoms with E-state index in [0.717, 1.165) is 13.2 Å². The summed E-state index contributed by atoms with van der Waals surface area (Å²) in [5.74, 6) is 0. The molecule has 0 aliphatic rings. The summed E-state index contributed by atoms with van der Waals surface area (Å²) in [6.07, 6.45) is 0. The molecule has 0 heterocycles. The Balaban J connectivity index is 3.16. The van der Waals surface area contributed by atoms with Crippen molar-refractivity contribution in [2.75, 3.05) is 20.3 Å². The highest BCUT2D eigenvalue weighted by Crippen LogP contribution is 1.88. The molecule has 0 bridgehead atoms. The van der Waals surface area contributed by atoms with Crippen LogP contribution in [0.5, 0.6) is 0 Å². The smallest absolute Gasteiger partial charge is 0.0480 e. The molecule has 0 atom stereocenters. The van der Waals surface area contributed by atoms with Crippen molar-refractivity contribution in [3.63, 3.8) is 0 Å². The summed E-state index contributed by atoms with van der Waals surface area (Å²) >= 11 is 0. The summed E-state index contributed by atoms with van der Waals surface area (Å²) in [4.78, 5) is 2.27. The lowest BCUT2D eigenvalue weighted by Crippen LogP contribution is -2.35. The Hall–Kier alpha value is -0.0800. The lowest BCUT2D eigenvalue weighted by Gasteiger charge is -2.20. The second-order valence-electron chi connectivity index (χ2n) is 2.61. The zero-order valence-electron chi connectivity index (χ0n) is 6.94. The number of nitrogens with zero attached hydrogens (tertiary/aromatic N) is 1. The molecule has 9 heavy (non-hydrogen) atoms. The van der Waals surface area contributed by atoms with Gasteiger partial charge in [-0.05, 0) is 27.4 Å². The van der Waals surface area contributed by atoms with Crippen LogP contribution < -0.4 is 5.32 Å². The minimum absolute atomic E-state index is 0.643. The Morgan fingerprint density at radius 1 is 1.44 bits per heavy atom. The van der Waals surface area contributed by atoms with Crippen molar-refractivity contribution in [1.82, 2.24) is 10.2 Å². The maximum Gasteiger partial charge on any atom is 0.0480 e. The molecule has 2 heteroatoms. The number of rotatable bonds is 4. The molecule has 0 aromatic rings. The van der Waals surface area contributed by atoms with E-state index < -0.39 is 0 Å². The van der Waals surface area contributed by atoms with Crippen LogP contribution in [-0.2, 0) is 0 Å². The first-order chi connectivity index (χ1) is 4.18. The third kappa shape index (κ3) is 4.43. The Bertz CT molecular complexity index is 61.9. The Morgan fingerprint density at radius 3 is 2.33 bits per heavy atom. The molecular formula is C7H18N2. The van der Waals surface area contributed by atoms with Gasteiger partial charge >= 0.3 is 0 Å². The highest BCUT2D eigenvalue weighted by molar-refractivity contribution is 4.53. The minimum atomic E-state index is 0.643. The Kier molecular flexibility index (Phi) is 4.72. The predicted molar refractivity (Wildman–Crippen MR) is 41.4 cm³/mol. The van der Waals surface area contributed by atoms with E-state index in [0.29, 0.717) is 6.04 Å². The van der Waals surface area contributed by atoms with E-state index in [9.17, 15) is 0 Å². The van der Waals surface area contributed by atoms with Gasteiger partial charge in [0.15, 0.2) is 0 Å². The van der Waals surface area contributed by atoms with Gasteiger partial charge in [-0.3, -0.25) is 4.90 Å². The molecule has 0 saturated carbocycles. The van der Waals surface area contributed by atoms with Crippen LogP contribution in [0.2, 0.25) is 0 Å². The zero-order chi connectivity index (χ0) is 7.28. The first kappa shape index (κ1) is 8.92. The van der Waals surface area contributed by atoms with Crippen LogP contribution in [0.3, 0.4) is 0 Å². The van der Waals surface area contributed by atoms with Gasteiger partial charge in [0.1, 0.15) is 0 Å². The molecule has 0 fully saturated rings. The van der Waals surface area contributed by atoms with Crippen molar-refractivity contribution >= 4 is 0 Å². The highest BCUT2D eigenvalue weighted by atomic mass is 15.2. The first-order valence-electron chi connectivity index (χ1n) is 3.59. The third-order valence-corrected chi connectivity index (χ3v) is 1.49. The highest BCUT2D eigenvalue weighted by Gasteiger charge is 1.98. The second-order valence-corrected chi connectivity index (χ2v) is 2.61. The molecule has 0 unspecified atom stereocenters. The van der Waals surface area contributed by atoms with Crippen LogP contribution in [0.1, 0.15) is 20.8 Å². The van der Waals surface area contributed by atoms with Crippen LogP contribution in [0, 0.1) is 0 Å². The third-order valence-electron chi connectivity index (χ3n) is 1.49. The largest absolute Gasteiger partial charge is 0.305 e. The number of hydrogen-bond donors (Lipinski definition) is 1. The van der Waals surface area contributed by atoms with Crippen molar-refractivity contribution in [2.45, 2.75) is 26.8 Å². The molecule has 56 valence electrons. The van der Waals surface area contributed by atoms with E-state index in [-0.39, 0.29) is 0 Å². The lowest BCUT2D eigenvalue weighted by molar-refractivity contribution is 0.255. The average Bonchev–Trinajstić information content (AvgIpc) is 1.82. The van der Waals surface area contributed by atoms with E-state index in [1.807, 2.05) is 0 Å². The summed E-state index contributed by atoms with van der Waals surface area (Å²) in [5.41, 5.74) is 0. The predicted octanol–water partition coefficient (Wildman–Crippen LogP) is 0.894. The molecule has 0 aliphatic carbocycles. The Morgan fingerprint density at radius 2 is 2.00 bits per heavy atom. The average molecular weight is 130 g/mol. The van der Waals surface area contributed by atoms with Gasteiger partial charge in [0.25, 0.3) is 0 Å². The van der Waals surface area contributed by atoms with Gasteiger partial charge in [0.2, 0.25) is 0 Å². The molecule has 0 amide bonds. The van der Waals surface area contributed by atoms with Crippen LogP contribution in [0.15, 0.2) is 0 Å². The van der Waals surface area contributed by atoms with Crippen LogP contribution in [0.4, 0.5) is 0 Å². The van der Waals surface area contributed by atoms with E-state index in [1.54, 1.807) is 0 Å². The van der Waals surface area contributed by atoms with Crippen molar-refractivity contribution in [1.29, 1.82) is 0 Å². The summed E-state index contributed by atoms with van der Waals surface area (Å²) in [6, 6.07) is 0.643. The first-order valence-corrected chi connectivity index (χ1v) is 3.59. The minimum Gasteiger partial charge on any atom is -0.305 e. The fourth-order valence-corrected chi connectivity index (χ4v) is 0.471. The second kappa shape index (κ2) is 4.77. The number of nitrogens with one attached hydrogen (secondary N) is 1. The molecule has 0 rings (SSSR count). The molecule has 0 aliphatic heterocycles. The van der Waals surface area contributed by atoms with Crippen LogP contribution in [0.25, 0.3) is 0 Å². The summed E-state index contributed by atoms with van der Waals surface area (Å²) in [7, 11) is 2.12. The molecule has 0 radical (unpaired) electrons. The standard InChI is InChI=1S/C7H18N2/c1-5-8-6-9(4)7(2)3/h7-8H,5-6H2,1-4H3. The van der Waals surface area contributed by atoms with Crippen molar-refractivity contribution in [2.24, 2.45) is 0 Å². The van der Waals surface area contributed by atoms with Gasteiger partial charge < -0.3 is 5.32 Å². The molecule has 1 N–H and O–H groups in total. The molecule has 0 spiro atoms. The fraction of sp³-hybridized carbons (Fsp3) is 1.00. The fourth-order valence-electron chi connectivity index (χ4n) is 0.471. The molecule has 2 nitrogen and oxygen atoms in total. The summed E-state index contributed by atoms with van der Waals surface area (Å²) < 4.78 is 0. The van der Waals surface area contributed by atoms with Gasteiger partial charge in [0, 0.05) is 12.7 Å². The molecule has 0 aromatic heterocycles. The quantitative estimate of drug-likeness (QED) is 0.569. The van der Waals surface area contributed by atoms with Crippen molar-refractivity contribution in [3.05, 3.63) is 0 Å². The molecule has 0 saturated heterocycles. The van der Waals surface area contributed by atoms with Crippen LogP contribution in [-0.4, -0.2) is 31.2 Å². The maximum atomic E-state index is 3.26. The van der Waals surface area contributed by atoms with Gasteiger partial charge in [-0.15, -0.1) is 0 Å².